The first-order valence-corrected chi connectivity index (χ1v) is 6.08. The van der Waals surface area contributed by atoms with E-state index >= 15 is 0 Å². The average Bonchev–Trinajstić information content (AvgIpc) is 2.16. The molecule has 1 heteroatoms. The first-order chi connectivity index (χ1) is 6.96. The molecule has 0 aliphatic rings. The van der Waals surface area contributed by atoms with Crippen LogP contribution in [0.2, 0.25) is 0 Å². The Hall–Kier alpha value is -0.590. The molecule has 0 aromatic carbocycles. The lowest BCUT2D eigenvalue weighted by Crippen LogP contribution is -2.31. The molecular weight excluding hydrogens is 184 g/mol. The number of Topliss-reactive ketones (excluding diaryl/α,β-unsaturated/α-hetero) is 1. The van der Waals surface area contributed by atoms with Gasteiger partial charge in [-0.05, 0) is 25.7 Å². The number of allylic oxidation sites excluding steroid dienone is 1. The molecule has 0 saturated carbocycles. The van der Waals surface area contributed by atoms with Crippen molar-refractivity contribution in [3.8, 4) is 0 Å². The van der Waals surface area contributed by atoms with Crippen molar-refractivity contribution in [1.82, 2.24) is 0 Å². The molecule has 0 aromatic rings. The monoisotopic (exact) mass is 210 g/mol. The molecule has 1 nitrogen and oxygen atoms in total. The summed E-state index contributed by atoms with van der Waals surface area (Å²) in [5.74, 6) is 0.755. The molecule has 15 heavy (non-hydrogen) atoms. The minimum absolute atomic E-state index is 0.193. The number of hydrogen-bond acceptors (Lipinski definition) is 1. The van der Waals surface area contributed by atoms with Gasteiger partial charge in [0.2, 0.25) is 0 Å². The fourth-order valence-corrected chi connectivity index (χ4v) is 1.90. The van der Waals surface area contributed by atoms with Crippen molar-refractivity contribution in [1.29, 1.82) is 0 Å². The van der Waals surface area contributed by atoms with Crippen molar-refractivity contribution in [3.63, 3.8) is 0 Å². The van der Waals surface area contributed by atoms with E-state index in [0.29, 0.717) is 11.7 Å². The summed E-state index contributed by atoms with van der Waals surface area (Å²) >= 11 is 0. The largest absolute Gasteiger partial charge is 0.299 e. The van der Waals surface area contributed by atoms with Gasteiger partial charge in [-0.25, -0.2) is 0 Å². The molecule has 1 unspecified atom stereocenters. The molecule has 0 aliphatic heterocycles. The van der Waals surface area contributed by atoms with Crippen molar-refractivity contribution >= 4 is 5.78 Å². The number of hydrogen-bond donors (Lipinski definition) is 0. The van der Waals surface area contributed by atoms with E-state index < -0.39 is 0 Å². The van der Waals surface area contributed by atoms with E-state index in [1.54, 1.807) is 6.92 Å². The molecular formula is C14H26O. The van der Waals surface area contributed by atoms with Gasteiger partial charge in [0, 0.05) is 5.41 Å². The molecule has 0 fully saturated rings. The molecule has 88 valence electrons. The zero-order valence-electron chi connectivity index (χ0n) is 10.8. The van der Waals surface area contributed by atoms with Gasteiger partial charge in [0.15, 0.2) is 0 Å². The maximum atomic E-state index is 11.6. The average molecular weight is 210 g/mol. The fourth-order valence-electron chi connectivity index (χ4n) is 1.90. The quantitative estimate of drug-likeness (QED) is 0.429. The van der Waals surface area contributed by atoms with E-state index in [2.05, 4.69) is 27.4 Å². The van der Waals surface area contributed by atoms with Gasteiger partial charge in [0.25, 0.3) is 0 Å². The minimum atomic E-state index is -0.193. The molecule has 0 heterocycles. The summed E-state index contributed by atoms with van der Waals surface area (Å²) in [7, 11) is 0. The lowest BCUT2D eigenvalue weighted by atomic mass is 9.72. The molecule has 0 spiro atoms. The Kier molecular flexibility index (Phi) is 6.55. The molecule has 0 saturated heterocycles. The molecule has 0 amide bonds. The zero-order chi connectivity index (χ0) is 11.9. The summed E-state index contributed by atoms with van der Waals surface area (Å²) in [5, 5.41) is 0. The van der Waals surface area contributed by atoms with Gasteiger partial charge in [-0.15, -0.1) is 6.58 Å². The zero-order valence-corrected chi connectivity index (χ0v) is 10.8. The maximum absolute atomic E-state index is 11.6. The van der Waals surface area contributed by atoms with E-state index in [4.69, 9.17) is 0 Å². The van der Waals surface area contributed by atoms with Crippen molar-refractivity contribution in [2.75, 3.05) is 0 Å². The lowest BCUT2D eigenvalue weighted by molar-refractivity contribution is -0.127. The van der Waals surface area contributed by atoms with Crippen molar-refractivity contribution in [2.45, 2.75) is 59.8 Å². The van der Waals surface area contributed by atoms with Crippen LogP contribution in [-0.2, 0) is 4.79 Å². The van der Waals surface area contributed by atoms with E-state index in [9.17, 15) is 4.79 Å². The highest BCUT2D eigenvalue weighted by Crippen LogP contribution is 2.34. The molecule has 1 atom stereocenters. The van der Waals surface area contributed by atoms with Gasteiger partial charge in [-0.3, -0.25) is 4.79 Å². The minimum Gasteiger partial charge on any atom is -0.299 e. The predicted molar refractivity (Wildman–Crippen MR) is 66.9 cm³/mol. The highest BCUT2D eigenvalue weighted by molar-refractivity contribution is 5.81. The molecule has 0 radical (unpaired) electrons. The predicted octanol–water partition coefficient (Wildman–Crippen LogP) is 4.37. The van der Waals surface area contributed by atoms with Crippen molar-refractivity contribution in [3.05, 3.63) is 12.7 Å². The smallest absolute Gasteiger partial charge is 0.135 e. The third-order valence-electron chi connectivity index (χ3n) is 3.54. The molecule has 0 aromatic heterocycles. The second-order valence-electron chi connectivity index (χ2n) is 4.99. The number of carbonyl (C=O) groups is 1. The van der Waals surface area contributed by atoms with Gasteiger partial charge in [0.05, 0.1) is 0 Å². The SMILES string of the molecule is C=CCC(CCCCC)C(C)(C)C(C)=O. The first-order valence-electron chi connectivity index (χ1n) is 6.08. The summed E-state index contributed by atoms with van der Waals surface area (Å²) in [5.41, 5.74) is -0.193. The van der Waals surface area contributed by atoms with E-state index in [-0.39, 0.29) is 5.41 Å². The van der Waals surface area contributed by atoms with Crippen LogP contribution in [0, 0.1) is 11.3 Å². The van der Waals surface area contributed by atoms with Crippen LogP contribution in [0.5, 0.6) is 0 Å². The Morgan fingerprint density at radius 3 is 2.40 bits per heavy atom. The van der Waals surface area contributed by atoms with Crippen molar-refractivity contribution in [2.24, 2.45) is 11.3 Å². The summed E-state index contributed by atoms with van der Waals surface area (Å²) < 4.78 is 0. The third-order valence-corrected chi connectivity index (χ3v) is 3.54. The number of unbranched alkanes of at least 4 members (excludes halogenated alkanes) is 2. The van der Waals surface area contributed by atoms with Gasteiger partial charge < -0.3 is 0 Å². The van der Waals surface area contributed by atoms with Crippen LogP contribution in [0.25, 0.3) is 0 Å². The summed E-state index contributed by atoms with van der Waals surface area (Å²) in [6.45, 7) is 11.8. The van der Waals surface area contributed by atoms with Gasteiger partial charge in [-0.2, -0.15) is 0 Å². The van der Waals surface area contributed by atoms with Crippen LogP contribution in [0.1, 0.15) is 59.8 Å². The molecule has 0 aliphatic carbocycles. The van der Waals surface area contributed by atoms with Crippen LogP contribution >= 0.6 is 0 Å². The van der Waals surface area contributed by atoms with Crippen LogP contribution in [-0.4, -0.2) is 5.78 Å². The van der Waals surface area contributed by atoms with Gasteiger partial charge in [0.1, 0.15) is 5.78 Å². The molecule has 0 rings (SSSR count). The fraction of sp³-hybridized carbons (Fsp3) is 0.786. The number of rotatable bonds is 8. The number of carbonyl (C=O) groups excluding carboxylic acids is 1. The highest BCUT2D eigenvalue weighted by Gasteiger charge is 2.32. The summed E-state index contributed by atoms with van der Waals surface area (Å²) in [6, 6.07) is 0. The van der Waals surface area contributed by atoms with Gasteiger partial charge >= 0.3 is 0 Å². The molecule has 0 N–H and O–H groups in total. The Labute approximate surface area is 95.0 Å². The third kappa shape index (κ3) is 4.63. The van der Waals surface area contributed by atoms with Crippen LogP contribution in [0.4, 0.5) is 0 Å². The second kappa shape index (κ2) is 6.81. The van der Waals surface area contributed by atoms with E-state index in [1.807, 2.05) is 6.08 Å². The van der Waals surface area contributed by atoms with Crippen LogP contribution in [0.15, 0.2) is 12.7 Å². The number of ketones is 1. The maximum Gasteiger partial charge on any atom is 0.135 e. The van der Waals surface area contributed by atoms with E-state index in [0.717, 1.165) is 12.8 Å². The standard InChI is InChI=1S/C14H26O/c1-6-8-9-11-13(10-7-2)14(4,5)12(3)15/h7,13H,2,6,8-11H2,1,3-5H3. The highest BCUT2D eigenvalue weighted by atomic mass is 16.1. The topological polar surface area (TPSA) is 17.1 Å². The Morgan fingerprint density at radius 2 is 2.00 bits per heavy atom. The van der Waals surface area contributed by atoms with Crippen LogP contribution in [0.3, 0.4) is 0 Å². The van der Waals surface area contributed by atoms with Crippen molar-refractivity contribution < 1.29 is 4.79 Å². The molecule has 0 bridgehead atoms. The lowest BCUT2D eigenvalue weighted by Gasteiger charge is -2.31. The first kappa shape index (κ1) is 14.4. The van der Waals surface area contributed by atoms with E-state index in [1.165, 1.54) is 19.3 Å². The Balaban J connectivity index is 4.36. The van der Waals surface area contributed by atoms with Gasteiger partial charge in [-0.1, -0.05) is 46.1 Å². The summed E-state index contributed by atoms with van der Waals surface area (Å²) in [6.07, 6.45) is 7.78. The summed E-state index contributed by atoms with van der Waals surface area (Å²) in [4.78, 5) is 11.6. The Bertz CT molecular complexity index is 203. The van der Waals surface area contributed by atoms with Crippen LogP contribution < -0.4 is 0 Å². The normalized spacial score (nSPS) is 13.6. The second-order valence-corrected chi connectivity index (χ2v) is 4.99. The Morgan fingerprint density at radius 1 is 1.40 bits per heavy atom.